The number of quaternary nitrogens is 1. The second-order valence-corrected chi connectivity index (χ2v) is 8.88. The predicted octanol–water partition coefficient (Wildman–Crippen LogP) is 3.57. The number of anilines is 1. The maximum absolute atomic E-state index is 4.75. The standard InChI is InChI=1S/C24H24N4S/c1-18-21(20-10-6-3-7-11-20)22-23(25-17-26-24(22)29-18)28-14-12-27(13-15-28)16-19-8-4-2-5-9-19/h2-11,17H,12-16H2,1H3/p+1. The first-order chi connectivity index (χ1) is 14.3. The molecule has 4 nitrogen and oxygen atoms in total. The summed E-state index contributed by atoms with van der Waals surface area (Å²) in [5.74, 6) is 1.09. The van der Waals surface area contributed by atoms with Crippen LogP contribution in [0, 0.1) is 6.92 Å². The fraction of sp³-hybridized carbons (Fsp3) is 0.250. The summed E-state index contributed by atoms with van der Waals surface area (Å²) in [5, 5.41) is 1.22. The molecule has 0 unspecified atom stereocenters. The highest BCUT2D eigenvalue weighted by molar-refractivity contribution is 7.19. The molecule has 4 aromatic rings. The quantitative estimate of drug-likeness (QED) is 0.568. The van der Waals surface area contributed by atoms with E-state index in [1.807, 2.05) is 0 Å². The Balaban J connectivity index is 1.43. The first-order valence-electron chi connectivity index (χ1n) is 10.2. The van der Waals surface area contributed by atoms with Crippen LogP contribution in [0.25, 0.3) is 21.3 Å². The van der Waals surface area contributed by atoms with Crippen LogP contribution >= 0.6 is 11.3 Å². The molecule has 1 N–H and O–H groups in total. The molecule has 0 saturated carbocycles. The minimum atomic E-state index is 1.03. The van der Waals surface area contributed by atoms with E-state index in [-0.39, 0.29) is 0 Å². The summed E-state index contributed by atoms with van der Waals surface area (Å²) in [5.41, 5.74) is 3.96. The van der Waals surface area contributed by atoms with Crippen molar-refractivity contribution < 1.29 is 4.90 Å². The smallest absolute Gasteiger partial charge is 0.141 e. The summed E-state index contributed by atoms with van der Waals surface area (Å²) < 4.78 is 0. The number of hydrogen-bond acceptors (Lipinski definition) is 4. The van der Waals surface area contributed by atoms with Gasteiger partial charge in [-0.15, -0.1) is 11.3 Å². The van der Waals surface area contributed by atoms with Gasteiger partial charge in [0.1, 0.15) is 23.5 Å². The van der Waals surface area contributed by atoms with Crippen LogP contribution in [-0.4, -0.2) is 36.1 Å². The number of nitrogens with zero attached hydrogens (tertiary/aromatic N) is 3. The summed E-state index contributed by atoms with van der Waals surface area (Å²) >= 11 is 1.77. The van der Waals surface area contributed by atoms with Crippen LogP contribution in [0.4, 0.5) is 5.82 Å². The third-order valence-electron chi connectivity index (χ3n) is 5.77. The highest BCUT2D eigenvalue weighted by Crippen LogP contribution is 2.41. The Morgan fingerprint density at radius 2 is 1.62 bits per heavy atom. The lowest BCUT2D eigenvalue weighted by Crippen LogP contribution is -3.13. The van der Waals surface area contributed by atoms with Gasteiger partial charge >= 0.3 is 0 Å². The lowest BCUT2D eigenvalue weighted by molar-refractivity contribution is -0.914. The van der Waals surface area contributed by atoms with Gasteiger partial charge in [-0.1, -0.05) is 60.7 Å². The molecule has 1 fully saturated rings. The van der Waals surface area contributed by atoms with Gasteiger partial charge in [0.2, 0.25) is 0 Å². The summed E-state index contributed by atoms with van der Waals surface area (Å²) in [6, 6.07) is 21.5. The Kier molecular flexibility index (Phi) is 5.00. The van der Waals surface area contributed by atoms with Crippen molar-refractivity contribution in [2.24, 2.45) is 0 Å². The van der Waals surface area contributed by atoms with E-state index in [1.165, 1.54) is 27.0 Å². The van der Waals surface area contributed by atoms with Gasteiger partial charge in [0.25, 0.3) is 0 Å². The van der Waals surface area contributed by atoms with E-state index in [0.29, 0.717) is 0 Å². The van der Waals surface area contributed by atoms with Crippen molar-refractivity contribution in [2.45, 2.75) is 13.5 Å². The molecule has 1 aliphatic rings. The van der Waals surface area contributed by atoms with E-state index in [4.69, 9.17) is 4.98 Å². The summed E-state index contributed by atoms with van der Waals surface area (Å²) in [7, 11) is 0. The molecule has 29 heavy (non-hydrogen) atoms. The van der Waals surface area contributed by atoms with Crippen molar-refractivity contribution >= 4 is 27.4 Å². The van der Waals surface area contributed by atoms with Crippen LogP contribution in [0.2, 0.25) is 0 Å². The average molecular weight is 402 g/mol. The molecule has 5 rings (SSSR count). The van der Waals surface area contributed by atoms with E-state index in [0.717, 1.165) is 43.4 Å². The topological polar surface area (TPSA) is 33.5 Å². The monoisotopic (exact) mass is 401 g/mol. The number of nitrogens with one attached hydrogen (secondary N) is 1. The SMILES string of the molecule is Cc1sc2ncnc(N3CC[NH+](Cc4ccccc4)CC3)c2c1-c1ccccc1. The number of piperazine rings is 1. The van der Waals surface area contributed by atoms with Crippen LogP contribution in [0.15, 0.2) is 67.0 Å². The highest BCUT2D eigenvalue weighted by atomic mass is 32.1. The summed E-state index contributed by atoms with van der Waals surface area (Å²) in [6.45, 7) is 7.60. The molecule has 0 amide bonds. The number of hydrogen-bond donors (Lipinski definition) is 1. The molecule has 2 aromatic heterocycles. The van der Waals surface area contributed by atoms with E-state index in [9.17, 15) is 0 Å². The Morgan fingerprint density at radius 1 is 0.931 bits per heavy atom. The number of fused-ring (bicyclic) bond motifs is 1. The Bertz CT molecular complexity index is 1100. The van der Waals surface area contributed by atoms with E-state index >= 15 is 0 Å². The van der Waals surface area contributed by atoms with Crippen molar-refractivity contribution in [1.82, 2.24) is 9.97 Å². The fourth-order valence-electron chi connectivity index (χ4n) is 4.32. The largest absolute Gasteiger partial charge is 0.345 e. The van der Waals surface area contributed by atoms with Crippen LogP contribution in [0.5, 0.6) is 0 Å². The van der Waals surface area contributed by atoms with Gasteiger partial charge in [-0.05, 0) is 12.5 Å². The first-order valence-corrected chi connectivity index (χ1v) is 11.0. The second kappa shape index (κ2) is 7.93. The zero-order valence-corrected chi connectivity index (χ0v) is 17.5. The molecule has 1 saturated heterocycles. The van der Waals surface area contributed by atoms with Crippen LogP contribution in [0.1, 0.15) is 10.4 Å². The number of thiophene rings is 1. The molecule has 0 radical (unpaired) electrons. The fourth-order valence-corrected chi connectivity index (χ4v) is 5.32. The minimum Gasteiger partial charge on any atom is -0.345 e. The summed E-state index contributed by atoms with van der Waals surface area (Å²) in [6.07, 6.45) is 1.73. The van der Waals surface area contributed by atoms with Crippen molar-refractivity contribution in [1.29, 1.82) is 0 Å². The molecule has 0 bridgehead atoms. The van der Waals surface area contributed by atoms with Crippen LogP contribution in [-0.2, 0) is 6.54 Å². The number of benzene rings is 2. The number of aromatic nitrogens is 2. The zero-order chi connectivity index (χ0) is 19.6. The predicted molar refractivity (Wildman–Crippen MR) is 121 cm³/mol. The second-order valence-electron chi connectivity index (χ2n) is 7.68. The summed E-state index contributed by atoms with van der Waals surface area (Å²) in [4.78, 5) is 15.8. The Morgan fingerprint density at radius 3 is 2.34 bits per heavy atom. The average Bonchev–Trinajstić information content (AvgIpc) is 3.11. The molecular weight excluding hydrogens is 376 g/mol. The van der Waals surface area contributed by atoms with Gasteiger partial charge in [0.05, 0.1) is 31.6 Å². The van der Waals surface area contributed by atoms with Gasteiger partial charge in [-0.25, -0.2) is 9.97 Å². The van der Waals surface area contributed by atoms with Crippen molar-refractivity contribution in [3.63, 3.8) is 0 Å². The molecule has 0 aliphatic carbocycles. The van der Waals surface area contributed by atoms with E-state index < -0.39 is 0 Å². The molecule has 146 valence electrons. The van der Waals surface area contributed by atoms with E-state index in [2.05, 4.69) is 77.5 Å². The van der Waals surface area contributed by atoms with Gasteiger partial charge in [0.15, 0.2) is 0 Å². The van der Waals surface area contributed by atoms with Crippen molar-refractivity contribution in [2.75, 3.05) is 31.1 Å². The maximum atomic E-state index is 4.75. The van der Waals surface area contributed by atoms with Crippen molar-refractivity contribution in [3.05, 3.63) is 77.4 Å². The van der Waals surface area contributed by atoms with Gasteiger partial charge in [-0.2, -0.15) is 0 Å². The third kappa shape index (κ3) is 3.63. The minimum absolute atomic E-state index is 1.03. The third-order valence-corrected chi connectivity index (χ3v) is 6.79. The van der Waals surface area contributed by atoms with E-state index in [1.54, 1.807) is 22.6 Å². The van der Waals surface area contributed by atoms with Crippen LogP contribution < -0.4 is 9.80 Å². The molecule has 1 aliphatic heterocycles. The Labute approximate surface area is 175 Å². The first kappa shape index (κ1) is 18.3. The highest BCUT2D eigenvalue weighted by Gasteiger charge is 2.25. The maximum Gasteiger partial charge on any atom is 0.141 e. The Hall–Kier alpha value is -2.76. The molecule has 2 aromatic carbocycles. The number of rotatable bonds is 4. The van der Waals surface area contributed by atoms with Crippen LogP contribution in [0.3, 0.4) is 0 Å². The molecular formula is C24H25N4S+. The molecule has 5 heteroatoms. The number of aryl methyl sites for hydroxylation is 1. The van der Waals surface area contributed by atoms with Gasteiger partial charge in [-0.3, -0.25) is 0 Å². The molecule has 3 heterocycles. The lowest BCUT2D eigenvalue weighted by Gasteiger charge is -2.33. The normalized spacial score (nSPS) is 15.1. The molecule has 0 spiro atoms. The lowest BCUT2D eigenvalue weighted by atomic mass is 10.0. The van der Waals surface area contributed by atoms with Gasteiger partial charge in [0, 0.05) is 16.0 Å². The van der Waals surface area contributed by atoms with Gasteiger partial charge < -0.3 is 9.80 Å². The zero-order valence-electron chi connectivity index (χ0n) is 16.6. The van der Waals surface area contributed by atoms with Crippen molar-refractivity contribution in [3.8, 4) is 11.1 Å². The molecule has 0 atom stereocenters.